The van der Waals surface area contributed by atoms with E-state index in [-0.39, 0.29) is 0 Å². The van der Waals surface area contributed by atoms with Crippen LogP contribution in [0.3, 0.4) is 0 Å². The molecule has 0 spiro atoms. The minimum atomic E-state index is -0.391. The minimum absolute atomic E-state index is 0.342. The third-order valence-electron chi connectivity index (χ3n) is 3.52. The molecule has 1 fully saturated rings. The predicted molar refractivity (Wildman–Crippen MR) is 73.2 cm³/mol. The van der Waals surface area contributed by atoms with Crippen LogP contribution in [0.25, 0.3) is 0 Å². The molecule has 1 heterocycles. The molecule has 1 saturated heterocycles. The Balaban J connectivity index is 1.79. The number of ether oxygens (including phenoxy) is 1. The van der Waals surface area contributed by atoms with E-state index in [0.717, 1.165) is 31.7 Å². The van der Waals surface area contributed by atoms with Crippen LogP contribution in [-0.4, -0.2) is 42.9 Å². The molecule has 0 aromatic heterocycles. The number of likely N-dealkylation sites (tertiary alicyclic amines) is 1. The molecule has 18 heavy (non-hydrogen) atoms. The molecule has 4 heteroatoms. The van der Waals surface area contributed by atoms with Gasteiger partial charge in [-0.25, -0.2) is 0 Å². The molecule has 1 aromatic rings. The summed E-state index contributed by atoms with van der Waals surface area (Å²) in [7, 11) is 2.12. The molecule has 0 saturated carbocycles. The highest BCUT2D eigenvalue weighted by Crippen LogP contribution is 2.22. The van der Waals surface area contributed by atoms with Crippen LogP contribution in [-0.2, 0) is 0 Å². The van der Waals surface area contributed by atoms with Crippen LogP contribution in [0.5, 0.6) is 5.75 Å². The molecule has 1 atom stereocenters. The van der Waals surface area contributed by atoms with Crippen LogP contribution in [0.15, 0.2) is 24.3 Å². The zero-order valence-corrected chi connectivity index (χ0v) is 11.4. The second kappa shape index (κ2) is 6.41. The van der Waals surface area contributed by atoms with Gasteiger partial charge in [0.15, 0.2) is 0 Å². The predicted octanol–water partition coefficient (Wildman–Crippen LogP) is 2.42. The molecule has 1 unspecified atom stereocenters. The lowest BCUT2D eigenvalue weighted by atomic mass is 9.92. The molecular weight excluding hydrogens is 250 g/mol. The van der Waals surface area contributed by atoms with Gasteiger partial charge >= 0.3 is 0 Å². The van der Waals surface area contributed by atoms with Crippen molar-refractivity contribution in [2.45, 2.75) is 18.9 Å². The summed E-state index contributed by atoms with van der Waals surface area (Å²) in [6, 6.07) is 7.28. The van der Waals surface area contributed by atoms with Crippen LogP contribution in [0, 0.1) is 5.92 Å². The highest BCUT2D eigenvalue weighted by atomic mass is 35.5. The zero-order chi connectivity index (χ0) is 13.0. The lowest BCUT2D eigenvalue weighted by Crippen LogP contribution is -2.37. The van der Waals surface area contributed by atoms with Crippen molar-refractivity contribution in [2.24, 2.45) is 5.92 Å². The Kier molecular flexibility index (Phi) is 4.87. The normalized spacial score (nSPS) is 19.7. The zero-order valence-electron chi connectivity index (χ0n) is 10.7. The van der Waals surface area contributed by atoms with Gasteiger partial charge in [-0.3, -0.25) is 0 Å². The molecule has 1 aliphatic rings. The first kappa shape index (κ1) is 13.7. The molecule has 1 aromatic carbocycles. The second-order valence-electron chi connectivity index (χ2n) is 4.98. The number of nitrogens with zero attached hydrogens (tertiary/aromatic N) is 1. The van der Waals surface area contributed by atoms with E-state index in [2.05, 4.69) is 11.9 Å². The van der Waals surface area contributed by atoms with Gasteiger partial charge < -0.3 is 14.7 Å². The third-order valence-corrected chi connectivity index (χ3v) is 3.76. The Hall–Kier alpha value is -0.770. The highest BCUT2D eigenvalue weighted by Gasteiger charge is 2.24. The number of halogens is 1. The number of aliphatic hydroxyl groups is 1. The number of benzene rings is 1. The monoisotopic (exact) mass is 269 g/mol. The van der Waals surface area contributed by atoms with Gasteiger partial charge in [-0.05, 0) is 57.1 Å². The van der Waals surface area contributed by atoms with Crippen molar-refractivity contribution in [1.29, 1.82) is 0 Å². The van der Waals surface area contributed by atoms with E-state index < -0.39 is 6.10 Å². The molecule has 0 aliphatic carbocycles. The SMILES string of the molecule is CN1CCC(C(O)COc2cccc(Cl)c2)CC1. The maximum Gasteiger partial charge on any atom is 0.120 e. The Bertz CT molecular complexity index is 378. The van der Waals surface area contributed by atoms with Crippen molar-refractivity contribution in [2.75, 3.05) is 26.7 Å². The van der Waals surface area contributed by atoms with Crippen molar-refractivity contribution in [3.63, 3.8) is 0 Å². The Morgan fingerprint density at radius 2 is 2.17 bits per heavy atom. The molecule has 3 nitrogen and oxygen atoms in total. The van der Waals surface area contributed by atoms with Crippen molar-refractivity contribution < 1.29 is 9.84 Å². The maximum atomic E-state index is 10.1. The van der Waals surface area contributed by atoms with Crippen LogP contribution in [0.4, 0.5) is 0 Å². The van der Waals surface area contributed by atoms with Crippen LogP contribution < -0.4 is 4.74 Å². The summed E-state index contributed by atoms with van der Waals surface area (Å²) in [5.74, 6) is 1.06. The molecular formula is C14H20ClNO2. The highest BCUT2D eigenvalue weighted by molar-refractivity contribution is 6.30. The van der Waals surface area contributed by atoms with Crippen molar-refractivity contribution in [3.8, 4) is 5.75 Å². The Labute approximate surface area is 113 Å². The van der Waals surface area contributed by atoms with Crippen molar-refractivity contribution in [3.05, 3.63) is 29.3 Å². The lowest BCUT2D eigenvalue weighted by Gasteiger charge is -2.31. The van der Waals surface area contributed by atoms with E-state index in [4.69, 9.17) is 16.3 Å². The van der Waals surface area contributed by atoms with Gasteiger partial charge in [0, 0.05) is 5.02 Å². The lowest BCUT2D eigenvalue weighted by molar-refractivity contribution is 0.0298. The van der Waals surface area contributed by atoms with E-state index in [1.54, 1.807) is 6.07 Å². The fraction of sp³-hybridized carbons (Fsp3) is 0.571. The summed E-state index contributed by atoms with van der Waals surface area (Å²) in [6.07, 6.45) is 1.69. The molecule has 100 valence electrons. The van der Waals surface area contributed by atoms with Crippen LogP contribution in [0.1, 0.15) is 12.8 Å². The molecule has 0 amide bonds. The van der Waals surface area contributed by atoms with Gasteiger partial charge in [-0.1, -0.05) is 17.7 Å². The number of piperidine rings is 1. The summed E-state index contributed by atoms with van der Waals surface area (Å²) in [5, 5.41) is 10.8. The van der Waals surface area contributed by atoms with Crippen LogP contribution >= 0.6 is 11.6 Å². The topological polar surface area (TPSA) is 32.7 Å². The number of hydrogen-bond acceptors (Lipinski definition) is 3. The quantitative estimate of drug-likeness (QED) is 0.911. The smallest absolute Gasteiger partial charge is 0.120 e. The fourth-order valence-corrected chi connectivity index (χ4v) is 2.47. The van der Waals surface area contributed by atoms with E-state index in [1.165, 1.54) is 0 Å². The number of hydrogen-bond donors (Lipinski definition) is 1. The molecule has 0 radical (unpaired) electrons. The van der Waals surface area contributed by atoms with Crippen molar-refractivity contribution in [1.82, 2.24) is 4.90 Å². The average Bonchev–Trinajstić information content (AvgIpc) is 2.37. The van der Waals surface area contributed by atoms with E-state index in [9.17, 15) is 5.11 Å². The van der Waals surface area contributed by atoms with Gasteiger partial charge in [-0.15, -0.1) is 0 Å². The summed E-state index contributed by atoms with van der Waals surface area (Å²) < 4.78 is 5.58. The molecule has 1 N–H and O–H groups in total. The van der Waals surface area contributed by atoms with Gasteiger partial charge in [0.2, 0.25) is 0 Å². The Morgan fingerprint density at radius 3 is 2.83 bits per heavy atom. The van der Waals surface area contributed by atoms with Gasteiger partial charge in [-0.2, -0.15) is 0 Å². The first-order valence-corrected chi connectivity index (χ1v) is 6.78. The fourth-order valence-electron chi connectivity index (χ4n) is 2.29. The first-order valence-electron chi connectivity index (χ1n) is 6.40. The third kappa shape index (κ3) is 3.87. The van der Waals surface area contributed by atoms with Crippen molar-refractivity contribution >= 4 is 11.6 Å². The maximum absolute atomic E-state index is 10.1. The Morgan fingerprint density at radius 1 is 1.44 bits per heavy atom. The summed E-state index contributed by atoms with van der Waals surface area (Å²) in [6.45, 7) is 2.45. The average molecular weight is 270 g/mol. The summed E-state index contributed by atoms with van der Waals surface area (Å²) >= 11 is 5.88. The molecule has 1 aliphatic heterocycles. The second-order valence-corrected chi connectivity index (χ2v) is 5.41. The molecule has 2 rings (SSSR count). The standard InChI is InChI=1S/C14H20ClNO2/c1-16-7-5-11(6-8-16)14(17)10-18-13-4-2-3-12(15)9-13/h2-4,9,11,14,17H,5-8,10H2,1H3. The van der Waals surface area contributed by atoms with E-state index >= 15 is 0 Å². The largest absolute Gasteiger partial charge is 0.491 e. The van der Waals surface area contributed by atoms with E-state index in [0.29, 0.717) is 17.5 Å². The van der Waals surface area contributed by atoms with Crippen LogP contribution in [0.2, 0.25) is 5.02 Å². The summed E-state index contributed by atoms with van der Waals surface area (Å²) in [5.41, 5.74) is 0. The minimum Gasteiger partial charge on any atom is -0.491 e. The van der Waals surface area contributed by atoms with Gasteiger partial charge in [0.05, 0.1) is 6.10 Å². The number of aliphatic hydroxyl groups excluding tert-OH is 1. The summed E-state index contributed by atoms with van der Waals surface area (Å²) in [4.78, 5) is 2.29. The van der Waals surface area contributed by atoms with Gasteiger partial charge in [0.25, 0.3) is 0 Å². The van der Waals surface area contributed by atoms with E-state index in [1.807, 2.05) is 18.2 Å². The first-order chi connectivity index (χ1) is 8.65. The van der Waals surface area contributed by atoms with Gasteiger partial charge in [0.1, 0.15) is 12.4 Å². The number of rotatable bonds is 4. The molecule has 0 bridgehead atoms.